The molecule has 0 bridgehead atoms. The summed E-state index contributed by atoms with van der Waals surface area (Å²) in [5.41, 5.74) is 2.09. The van der Waals surface area contributed by atoms with Crippen LogP contribution in [0, 0.1) is 0 Å². The lowest BCUT2D eigenvalue weighted by Crippen LogP contribution is -2.32. The van der Waals surface area contributed by atoms with Crippen molar-refractivity contribution in [3.8, 4) is 0 Å². The molecule has 1 aliphatic heterocycles. The second kappa shape index (κ2) is 3.81. The van der Waals surface area contributed by atoms with Gasteiger partial charge in [0.25, 0.3) is 11.8 Å². The van der Waals surface area contributed by atoms with E-state index >= 15 is 0 Å². The highest BCUT2D eigenvalue weighted by atomic mass is 79.9. The van der Waals surface area contributed by atoms with E-state index < -0.39 is 0 Å². The molecule has 0 atom stereocenters. The lowest BCUT2D eigenvalue weighted by molar-refractivity contribution is -0.120. The average Bonchev–Trinajstić information content (AvgIpc) is 2.87. The van der Waals surface area contributed by atoms with E-state index in [1.165, 1.54) is 4.90 Å². The summed E-state index contributed by atoms with van der Waals surface area (Å²) in [4.78, 5) is 25.5. The number of amides is 2. The fourth-order valence-corrected chi connectivity index (χ4v) is 2.67. The van der Waals surface area contributed by atoms with Crippen LogP contribution < -0.4 is 4.90 Å². The molecular weight excluding hydrogens is 282 g/mol. The van der Waals surface area contributed by atoms with E-state index in [1.807, 2.05) is 12.1 Å². The Hall–Kier alpha value is -1.42. The Balaban J connectivity index is 1.99. The van der Waals surface area contributed by atoms with Crippen molar-refractivity contribution in [3.05, 3.63) is 39.9 Å². The van der Waals surface area contributed by atoms with Gasteiger partial charge in [0.15, 0.2) is 0 Å². The van der Waals surface area contributed by atoms with Crippen molar-refractivity contribution in [2.75, 3.05) is 4.90 Å². The zero-order valence-electron chi connectivity index (χ0n) is 9.07. The highest BCUT2D eigenvalue weighted by Gasteiger charge is 2.40. The minimum absolute atomic E-state index is 0.134. The highest BCUT2D eigenvalue weighted by Crippen LogP contribution is 2.36. The van der Waals surface area contributed by atoms with Crippen LogP contribution in [-0.4, -0.2) is 11.8 Å². The van der Waals surface area contributed by atoms with Crippen molar-refractivity contribution < 1.29 is 9.59 Å². The molecule has 3 rings (SSSR count). The molecule has 0 saturated carbocycles. The van der Waals surface area contributed by atoms with Crippen molar-refractivity contribution in [2.45, 2.75) is 19.3 Å². The molecule has 0 radical (unpaired) electrons. The van der Waals surface area contributed by atoms with E-state index in [1.54, 1.807) is 12.1 Å². The number of hydrogen-bond acceptors (Lipinski definition) is 2. The van der Waals surface area contributed by atoms with Gasteiger partial charge in [0.1, 0.15) is 0 Å². The Labute approximate surface area is 107 Å². The van der Waals surface area contributed by atoms with Gasteiger partial charge in [-0.15, -0.1) is 0 Å². The SMILES string of the molecule is O=C1C2=C(CCC2)C(=O)N1c1ccc(Br)cc1. The van der Waals surface area contributed by atoms with Crippen molar-refractivity contribution in [1.29, 1.82) is 0 Å². The number of imide groups is 1. The Morgan fingerprint density at radius 3 is 2.00 bits per heavy atom. The third-order valence-electron chi connectivity index (χ3n) is 3.23. The Morgan fingerprint density at radius 2 is 1.47 bits per heavy atom. The molecule has 1 aliphatic carbocycles. The average molecular weight is 292 g/mol. The smallest absolute Gasteiger partial charge is 0.261 e. The predicted octanol–water partition coefficient (Wildman–Crippen LogP) is 2.80. The first-order chi connectivity index (χ1) is 8.18. The number of nitrogens with zero attached hydrogens (tertiary/aromatic N) is 1. The van der Waals surface area contributed by atoms with E-state index in [4.69, 9.17) is 0 Å². The number of carbonyl (C=O) groups is 2. The van der Waals surface area contributed by atoms with E-state index in [-0.39, 0.29) is 11.8 Å². The zero-order chi connectivity index (χ0) is 12.0. The lowest BCUT2D eigenvalue weighted by atomic mass is 10.2. The highest BCUT2D eigenvalue weighted by molar-refractivity contribution is 9.10. The number of anilines is 1. The van der Waals surface area contributed by atoms with E-state index in [0.29, 0.717) is 5.69 Å². The minimum atomic E-state index is -0.134. The van der Waals surface area contributed by atoms with Crippen LogP contribution in [-0.2, 0) is 9.59 Å². The lowest BCUT2D eigenvalue weighted by Gasteiger charge is -2.16. The number of benzene rings is 1. The predicted molar refractivity (Wildman–Crippen MR) is 67.5 cm³/mol. The van der Waals surface area contributed by atoms with Crippen molar-refractivity contribution >= 4 is 33.4 Å². The van der Waals surface area contributed by atoms with Gasteiger partial charge in [-0.1, -0.05) is 15.9 Å². The van der Waals surface area contributed by atoms with Crippen LogP contribution >= 0.6 is 15.9 Å². The van der Waals surface area contributed by atoms with Crippen LogP contribution in [0.4, 0.5) is 5.69 Å². The molecule has 2 amide bonds. The summed E-state index contributed by atoms with van der Waals surface area (Å²) >= 11 is 3.33. The van der Waals surface area contributed by atoms with Gasteiger partial charge in [0.2, 0.25) is 0 Å². The molecule has 1 heterocycles. The maximum absolute atomic E-state index is 12.1. The maximum atomic E-state index is 12.1. The summed E-state index contributed by atoms with van der Waals surface area (Å²) in [6.07, 6.45) is 2.41. The summed E-state index contributed by atoms with van der Waals surface area (Å²) in [5.74, 6) is -0.269. The van der Waals surface area contributed by atoms with Gasteiger partial charge in [0, 0.05) is 15.6 Å². The quantitative estimate of drug-likeness (QED) is 0.746. The van der Waals surface area contributed by atoms with Crippen molar-refractivity contribution in [3.63, 3.8) is 0 Å². The summed E-state index contributed by atoms with van der Waals surface area (Å²) in [6.45, 7) is 0. The fourth-order valence-electron chi connectivity index (χ4n) is 2.40. The first kappa shape index (κ1) is 10.7. The summed E-state index contributed by atoms with van der Waals surface area (Å²) in [6, 6.07) is 7.22. The molecule has 0 spiro atoms. The largest absolute Gasteiger partial charge is 0.269 e. The fraction of sp³-hybridized carbons (Fsp3) is 0.231. The number of rotatable bonds is 1. The second-order valence-electron chi connectivity index (χ2n) is 4.23. The third-order valence-corrected chi connectivity index (χ3v) is 3.75. The molecule has 86 valence electrons. The van der Waals surface area contributed by atoms with Gasteiger partial charge in [-0.3, -0.25) is 9.59 Å². The van der Waals surface area contributed by atoms with Gasteiger partial charge in [-0.2, -0.15) is 0 Å². The van der Waals surface area contributed by atoms with Gasteiger partial charge in [-0.25, -0.2) is 4.90 Å². The van der Waals surface area contributed by atoms with Crippen LogP contribution in [0.2, 0.25) is 0 Å². The molecule has 2 aliphatic rings. The van der Waals surface area contributed by atoms with Crippen LogP contribution in [0.25, 0.3) is 0 Å². The summed E-state index contributed by atoms with van der Waals surface area (Å²) in [5, 5.41) is 0. The van der Waals surface area contributed by atoms with E-state index in [0.717, 1.165) is 34.9 Å². The number of halogens is 1. The normalized spacial score (nSPS) is 19.2. The molecule has 17 heavy (non-hydrogen) atoms. The van der Waals surface area contributed by atoms with Crippen molar-refractivity contribution in [1.82, 2.24) is 0 Å². The van der Waals surface area contributed by atoms with Gasteiger partial charge in [-0.05, 0) is 43.5 Å². The molecule has 0 unspecified atom stereocenters. The Morgan fingerprint density at radius 1 is 0.941 bits per heavy atom. The molecule has 0 aromatic heterocycles. The standard InChI is InChI=1S/C13H10BrNO2/c14-8-4-6-9(7-5-8)15-12(16)10-2-1-3-11(10)13(15)17/h4-7H,1-3H2. The summed E-state index contributed by atoms with van der Waals surface area (Å²) < 4.78 is 0.931. The Bertz CT molecular complexity index is 519. The van der Waals surface area contributed by atoms with E-state index in [9.17, 15) is 9.59 Å². The van der Waals surface area contributed by atoms with Crippen LogP contribution in [0.1, 0.15) is 19.3 Å². The molecule has 0 fully saturated rings. The van der Waals surface area contributed by atoms with Gasteiger partial charge in [0.05, 0.1) is 5.69 Å². The molecular formula is C13H10BrNO2. The topological polar surface area (TPSA) is 37.4 Å². The molecule has 1 aromatic rings. The monoisotopic (exact) mass is 291 g/mol. The molecule has 0 saturated heterocycles. The molecule has 4 heteroatoms. The molecule has 0 N–H and O–H groups in total. The zero-order valence-corrected chi connectivity index (χ0v) is 10.7. The second-order valence-corrected chi connectivity index (χ2v) is 5.15. The van der Waals surface area contributed by atoms with Crippen LogP contribution in [0.5, 0.6) is 0 Å². The molecule has 3 nitrogen and oxygen atoms in total. The Kier molecular flexibility index (Phi) is 2.40. The van der Waals surface area contributed by atoms with Crippen molar-refractivity contribution in [2.24, 2.45) is 0 Å². The minimum Gasteiger partial charge on any atom is -0.269 e. The third kappa shape index (κ3) is 1.55. The van der Waals surface area contributed by atoms with Crippen LogP contribution in [0.15, 0.2) is 39.9 Å². The van der Waals surface area contributed by atoms with Gasteiger partial charge < -0.3 is 0 Å². The summed E-state index contributed by atoms with van der Waals surface area (Å²) in [7, 11) is 0. The first-order valence-corrected chi connectivity index (χ1v) is 6.34. The maximum Gasteiger partial charge on any atom is 0.261 e. The first-order valence-electron chi connectivity index (χ1n) is 5.55. The number of hydrogen-bond donors (Lipinski definition) is 0. The van der Waals surface area contributed by atoms with Crippen LogP contribution in [0.3, 0.4) is 0 Å². The molecule has 1 aromatic carbocycles. The van der Waals surface area contributed by atoms with Gasteiger partial charge >= 0.3 is 0 Å². The van der Waals surface area contributed by atoms with E-state index in [2.05, 4.69) is 15.9 Å². The number of carbonyl (C=O) groups excluding carboxylic acids is 2.